The zero-order valence-electron chi connectivity index (χ0n) is 13.6. The van der Waals surface area contributed by atoms with E-state index >= 15 is 0 Å². The summed E-state index contributed by atoms with van der Waals surface area (Å²) in [5, 5.41) is 1.22. The normalized spacial score (nSPS) is 17.4. The first-order chi connectivity index (χ1) is 10.8. The molecule has 2 heterocycles. The van der Waals surface area contributed by atoms with Gasteiger partial charge in [-0.1, -0.05) is 51.9 Å². The van der Waals surface area contributed by atoms with E-state index in [2.05, 4.69) is 44.7 Å². The second-order valence-electron chi connectivity index (χ2n) is 6.92. The van der Waals surface area contributed by atoms with E-state index in [0.717, 1.165) is 28.5 Å². The smallest absolute Gasteiger partial charge is 0.140 e. The highest BCUT2D eigenvalue weighted by atomic mass is 79.9. The summed E-state index contributed by atoms with van der Waals surface area (Å²) >= 11 is 3.64. The van der Waals surface area contributed by atoms with Gasteiger partial charge in [0, 0.05) is 28.8 Å². The van der Waals surface area contributed by atoms with E-state index in [-0.39, 0.29) is 0 Å². The van der Waals surface area contributed by atoms with Crippen LogP contribution in [0.25, 0.3) is 11.0 Å². The number of halogens is 1. The predicted molar refractivity (Wildman–Crippen MR) is 97.0 cm³/mol. The molecule has 1 aliphatic rings. The maximum atomic E-state index is 4.51. The van der Waals surface area contributed by atoms with Crippen molar-refractivity contribution in [1.29, 1.82) is 0 Å². The van der Waals surface area contributed by atoms with E-state index < -0.39 is 0 Å². The first kappa shape index (κ1) is 16.0. The van der Waals surface area contributed by atoms with Crippen LogP contribution < -0.4 is 0 Å². The monoisotopic (exact) mass is 362 g/mol. The van der Waals surface area contributed by atoms with Gasteiger partial charge in [-0.2, -0.15) is 0 Å². The SMILES string of the molecule is CC(CCCCCn1cc(Br)c2cccnc21)C1CCCC1. The molecule has 0 aromatic carbocycles. The zero-order chi connectivity index (χ0) is 15.4. The summed E-state index contributed by atoms with van der Waals surface area (Å²) in [6.45, 7) is 3.55. The van der Waals surface area contributed by atoms with Crippen LogP contribution in [0.15, 0.2) is 29.0 Å². The average Bonchev–Trinajstić information content (AvgIpc) is 3.16. The minimum Gasteiger partial charge on any atom is -0.331 e. The van der Waals surface area contributed by atoms with Gasteiger partial charge in [0.25, 0.3) is 0 Å². The van der Waals surface area contributed by atoms with Gasteiger partial charge in [0.1, 0.15) is 5.65 Å². The van der Waals surface area contributed by atoms with Crippen LogP contribution in [0.4, 0.5) is 0 Å². The molecule has 3 heteroatoms. The van der Waals surface area contributed by atoms with Gasteiger partial charge < -0.3 is 4.57 Å². The number of hydrogen-bond acceptors (Lipinski definition) is 1. The van der Waals surface area contributed by atoms with E-state index in [1.807, 2.05) is 12.3 Å². The van der Waals surface area contributed by atoms with Crippen LogP contribution in [-0.4, -0.2) is 9.55 Å². The molecule has 1 aliphatic carbocycles. The Labute approximate surface area is 142 Å². The lowest BCUT2D eigenvalue weighted by Gasteiger charge is -2.18. The highest BCUT2D eigenvalue weighted by Crippen LogP contribution is 2.33. The second kappa shape index (κ2) is 7.63. The van der Waals surface area contributed by atoms with Crippen molar-refractivity contribution in [2.24, 2.45) is 11.8 Å². The molecular formula is C19H27BrN2. The van der Waals surface area contributed by atoms with Gasteiger partial charge in [-0.3, -0.25) is 0 Å². The lowest BCUT2D eigenvalue weighted by molar-refractivity contribution is 0.333. The molecule has 1 fully saturated rings. The van der Waals surface area contributed by atoms with Crippen LogP contribution in [0.2, 0.25) is 0 Å². The lowest BCUT2D eigenvalue weighted by atomic mass is 9.88. The summed E-state index contributed by atoms with van der Waals surface area (Å²) in [7, 11) is 0. The Morgan fingerprint density at radius 2 is 2.09 bits per heavy atom. The fourth-order valence-electron chi connectivity index (χ4n) is 3.94. The van der Waals surface area contributed by atoms with Crippen LogP contribution in [0.5, 0.6) is 0 Å². The van der Waals surface area contributed by atoms with Crippen molar-refractivity contribution in [1.82, 2.24) is 9.55 Å². The van der Waals surface area contributed by atoms with Crippen LogP contribution in [-0.2, 0) is 6.54 Å². The number of rotatable bonds is 7. The van der Waals surface area contributed by atoms with Crippen molar-refractivity contribution in [3.8, 4) is 0 Å². The van der Waals surface area contributed by atoms with Gasteiger partial charge in [0.2, 0.25) is 0 Å². The second-order valence-corrected chi connectivity index (χ2v) is 7.77. The highest BCUT2D eigenvalue weighted by Gasteiger charge is 2.20. The number of aromatic nitrogens is 2. The molecule has 0 aliphatic heterocycles. The Kier molecular flexibility index (Phi) is 5.56. The third kappa shape index (κ3) is 3.73. The standard InChI is InChI=1S/C19H27BrN2/c1-15(16-9-4-5-10-16)8-3-2-6-13-22-14-18(20)17-11-7-12-21-19(17)22/h7,11-12,14-16H,2-6,8-10,13H2,1H3. The molecule has 1 atom stereocenters. The van der Waals surface area contributed by atoms with Crippen molar-refractivity contribution in [2.75, 3.05) is 0 Å². The highest BCUT2D eigenvalue weighted by molar-refractivity contribution is 9.10. The third-order valence-electron chi connectivity index (χ3n) is 5.35. The molecule has 0 amide bonds. The van der Waals surface area contributed by atoms with Gasteiger partial charge in [0.15, 0.2) is 0 Å². The average molecular weight is 363 g/mol. The molecule has 1 saturated carbocycles. The molecule has 0 spiro atoms. The van der Waals surface area contributed by atoms with Gasteiger partial charge in [-0.15, -0.1) is 0 Å². The number of hydrogen-bond donors (Lipinski definition) is 0. The first-order valence-electron chi connectivity index (χ1n) is 8.85. The number of fused-ring (bicyclic) bond motifs is 1. The quantitative estimate of drug-likeness (QED) is 0.537. The van der Waals surface area contributed by atoms with E-state index in [1.165, 1.54) is 56.8 Å². The van der Waals surface area contributed by atoms with Crippen molar-refractivity contribution in [3.05, 3.63) is 29.0 Å². The topological polar surface area (TPSA) is 17.8 Å². The largest absolute Gasteiger partial charge is 0.331 e. The summed E-state index contributed by atoms with van der Waals surface area (Å²) in [5.41, 5.74) is 1.11. The molecule has 22 heavy (non-hydrogen) atoms. The van der Waals surface area contributed by atoms with Crippen molar-refractivity contribution in [2.45, 2.75) is 64.8 Å². The maximum Gasteiger partial charge on any atom is 0.140 e. The van der Waals surface area contributed by atoms with Crippen LogP contribution in [0.3, 0.4) is 0 Å². The molecule has 0 N–H and O–H groups in total. The van der Waals surface area contributed by atoms with E-state index in [4.69, 9.17) is 0 Å². The van der Waals surface area contributed by atoms with Crippen molar-refractivity contribution in [3.63, 3.8) is 0 Å². The Morgan fingerprint density at radius 3 is 2.91 bits per heavy atom. The van der Waals surface area contributed by atoms with Crippen LogP contribution in [0, 0.1) is 11.8 Å². The molecule has 1 unspecified atom stereocenters. The molecule has 2 aromatic rings. The molecule has 2 nitrogen and oxygen atoms in total. The number of nitrogens with zero attached hydrogens (tertiary/aromatic N) is 2. The molecule has 3 rings (SSSR count). The van der Waals surface area contributed by atoms with Crippen LogP contribution in [0.1, 0.15) is 58.3 Å². The number of pyridine rings is 1. The number of aryl methyl sites for hydroxylation is 1. The van der Waals surface area contributed by atoms with Gasteiger partial charge >= 0.3 is 0 Å². The predicted octanol–water partition coefficient (Wildman–Crippen LogP) is 6.19. The van der Waals surface area contributed by atoms with Gasteiger partial charge in [-0.05, 0) is 46.3 Å². The van der Waals surface area contributed by atoms with Crippen molar-refractivity contribution < 1.29 is 0 Å². The first-order valence-corrected chi connectivity index (χ1v) is 9.64. The fraction of sp³-hybridized carbons (Fsp3) is 0.632. The maximum absolute atomic E-state index is 4.51. The molecule has 120 valence electrons. The van der Waals surface area contributed by atoms with E-state index in [0.29, 0.717) is 0 Å². The molecule has 0 radical (unpaired) electrons. The summed E-state index contributed by atoms with van der Waals surface area (Å²) in [4.78, 5) is 4.51. The van der Waals surface area contributed by atoms with Gasteiger partial charge in [-0.25, -0.2) is 4.98 Å². The number of unbranched alkanes of at least 4 members (excludes halogenated alkanes) is 2. The minimum absolute atomic E-state index is 0.936. The molecule has 0 saturated heterocycles. The zero-order valence-corrected chi connectivity index (χ0v) is 15.2. The summed E-state index contributed by atoms with van der Waals surface area (Å²) in [5.74, 6) is 1.96. The summed E-state index contributed by atoms with van der Waals surface area (Å²) in [6, 6.07) is 4.13. The fourth-order valence-corrected chi connectivity index (χ4v) is 4.49. The minimum atomic E-state index is 0.936. The summed E-state index contributed by atoms with van der Waals surface area (Å²) < 4.78 is 3.45. The Hall–Kier alpha value is -0.830. The van der Waals surface area contributed by atoms with Crippen LogP contribution >= 0.6 is 15.9 Å². The molecule has 2 aromatic heterocycles. The summed E-state index contributed by atoms with van der Waals surface area (Å²) in [6.07, 6.45) is 15.4. The third-order valence-corrected chi connectivity index (χ3v) is 5.98. The van der Waals surface area contributed by atoms with Crippen molar-refractivity contribution >= 4 is 27.0 Å². The Morgan fingerprint density at radius 1 is 1.27 bits per heavy atom. The molecular weight excluding hydrogens is 336 g/mol. The molecule has 0 bridgehead atoms. The Bertz CT molecular complexity index is 599. The van der Waals surface area contributed by atoms with E-state index in [9.17, 15) is 0 Å². The lowest BCUT2D eigenvalue weighted by Crippen LogP contribution is -2.07. The van der Waals surface area contributed by atoms with E-state index in [1.54, 1.807) is 0 Å². The van der Waals surface area contributed by atoms with Gasteiger partial charge in [0.05, 0.1) is 0 Å². The Balaban J connectivity index is 1.43.